The van der Waals surface area contributed by atoms with E-state index in [0.29, 0.717) is 5.75 Å². The van der Waals surface area contributed by atoms with Crippen LogP contribution in [0.3, 0.4) is 0 Å². The van der Waals surface area contributed by atoms with Gasteiger partial charge in [0.2, 0.25) is 0 Å². The molecular weight excluding hydrogens is 582 g/mol. The van der Waals surface area contributed by atoms with Crippen LogP contribution in [0, 0.1) is 20.8 Å². The van der Waals surface area contributed by atoms with Crippen LogP contribution >= 0.6 is 7.92 Å². The van der Waals surface area contributed by atoms with Crippen molar-refractivity contribution in [2.75, 3.05) is 7.11 Å². The van der Waals surface area contributed by atoms with Crippen LogP contribution < -0.4 is 25.8 Å². The molecule has 0 amide bonds. The second-order valence-electron chi connectivity index (χ2n) is 12.5. The molecule has 1 N–H and O–H groups in total. The Kier molecular flexibility index (Phi) is 15.0. The molecule has 5 heteroatoms. The van der Waals surface area contributed by atoms with Gasteiger partial charge in [0.15, 0.2) is 11.5 Å². The third-order valence-corrected chi connectivity index (χ3v) is 12.6. The number of methoxy groups -OCH3 is 1. The van der Waals surface area contributed by atoms with Gasteiger partial charge in [0.05, 0.1) is 15.2 Å². The van der Waals surface area contributed by atoms with Crippen molar-refractivity contribution < 1.29 is 26.3 Å². The number of hydrogen-bond acceptors (Lipinski definition) is 2. The number of hydrogen-bond donors (Lipinski definition) is 1. The number of aryl methyl sites for hydroxylation is 1. The molecule has 1 unspecified atom stereocenters. The number of ether oxygens (including phenoxy) is 1. The predicted molar refractivity (Wildman–Crippen MR) is 184 cm³/mol. The fourth-order valence-corrected chi connectivity index (χ4v) is 11.2. The molecule has 0 saturated heterocycles. The van der Waals surface area contributed by atoms with Crippen molar-refractivity contribution in [2.24, 2.45) is 0 Å². The molecule has 41 heavy (non-hydrogen) atoms. The molecule has 3 aromatic carbocycles. The first-order valence-corrected chi connectivity index (χ1v) is 19.4. The van der Waals surface area contributed by atoms with Gasteiger partial charge in [-0.25, -0.2) is 0 Å². The van der Waals surface area contributed by atoms with Crippen LogP contribution in [0.5, 0.6) is 11.5 Å². The zero-order valence-electron chi connectivity index (χ0n) is 26.7. The Morgan fingerprint density at radius 1 is 0.854 bits per heavy atom. The minimum atomic E-state index is -1.63. The second kappa shape index (κ2) is 16.6. The molecule has 4 rings (SSSR count). The molecule has 0 fully saturated rings. The number of benzene rings is 3. The van der Waals surface area contributed by atoms with E-state index in [1.165, 1.54) is 53.5 Å². The van der Waals surface area contributed by atoms with Crippen LogP contribution in [0.2, 0.25) is 19.6 Å². The van der Waals surface area contributed by atoms with Gasteiger partial charge in [-0.1, -0.05) is 108 Å². The van der Waals surface area contributed by atoms with E-state index in [-0.39, 0.29) is 29.3 Å². The Hall–Kier alpha value is -1.99. The third kappa shape index (κ3) is 9.77. The van der Waals surface area contributed by atoms with Crippen molar-refractivity contribution in [3.8, 4) is 11.5 Å². The zero-order chi connectivity index (χ0) is 28.6. The van der Waals surface area contributed by atoms with Gasteiger partial charge in [-0.2, -0.15) is 12.8 Å². The van der Waals surface area contributed by atoms with Gasteiger partial charge >= 0.3 is 0 Å². The molecule has 1 atom stereocenters. The van der Waals surface area contributed by atoms with Gasteiger partial charge in [0.1, 0.15) is 23.8 Å². The van der Waals surface area contributed by atoms with Crippen LogP contribution in [0.25, 0.3) is 0 Å². The quantitative estimate of drug-likeness (QED) is 0.133. The first kappa shape index (κ1) is 37.0. The summed E-state index contributed by atoms with van der Waals surface area (Å²) in [6.07, 6.45) is 13.5. The summed E-state index contributed by atoms with van der Waals surface area (Å²) in [5.41, 5.74) is 2.15. The van der Waals surface area contributed by atoms with E-state index in [4.69, 9.17) is 4.74 Å². The summed E-state index contributed by atoms with van der Waals surface area (Å²) in [6, 6.07) is 21.3. The fraction of sp³-hybridized carbons (Fsp3) is 0.389. The summed E-state index contributed by atoms with van der Waals surface area (Å²) in [6.45, 7) is 15.9. The number of phenolic OH excluding ortho intramolecular Hbond substituents is 1. The van der Waals surface area contributed by atoms with Gasteiger partial charge < -0.3 is 16.3 Å². The molecule has 0 radical (unpaired) electrons. The van der Waals surface area contributed by atoms with E-state index in [1.54, 1.807) is 7.11 Å². The van der Waals surface area contributed by atoms with Gasteiger partial charge in [-0.05, 0) is 47.7 Å². The van der Waals surface area contributed by atoms with Crippen molar-refractivity contribution in [1.29, 1.82) is 0 Å². The SMILES string of the molecule is C1=C\CCC[CH-]CC/1.COc1ccccc1[PH+](c1cccc(C(C)(C)C)c1O)c1c(C)cccc1[Si](C)(C)C.[CH3+].[Ni]. The summed E-state index contributed by atoms with van der Waals surface area (Å²) in [4.78, 5) is 0. The Labute approximate surface area is 263 Å². The summed E-state index contributed by atoms with van der Waals surface area (Å²) in [7, 11) is -1.41. The minimum Gasteiger partial charge on any atom is -0.504 e. The first-order chi connectivity index (χ1) is 18.5. The van der Waals surface area contributed by atoms with Gasteiger partial charge in [0.25, 0.3) is 0 Å². The van der Waals surface area contributed by atoms with Crippen molar-refractivity contribution in [3.63, 3.8) is 0 Å². The standard InChI is InChI=1S/C27H35O2PSi.C8H13.CH3.Ni/c1-19-13-11-18-24(31(6,7)8)26(19)30(22-16-10-9-15-21(22)29-5)23-17-12-14-20(25(23)28)27(2,3)4;1-2-4-6-8-7-5-3-1;;/h9-18,28H,1-8H3;1-2,7H,3-6,8H2;1H3;/q;-1;+1;/p+1/b;2-1-;;. The molecule has 2 nitrogen and oxygen atoms in total. The van der Waals surface area contributed by atoms with Gasteiger partial charge in [0, 0.05) is 29.5 Å². The van der Waals surface area contributed by atoms with E-state index in [9.17, 15) is 5.11 Å². The van der Waals surface area contributed by atoms with Crippen molar-refractivity contribution in [1.82, 2.24) is 0 Å². The van der Waals surface area contributed by atoms with Crippen LogP contribution in [-0.2, 0) is 21.9 Å². The maximum Gasteiger partial charge on any atom is 0.162 e. The largest absolute Gasteiger partial charge is 0.504 e. The van der Waals surface area contributed by atoms with Crippen molar-refractivity contribution >= 4 is 37.1 Å². The molecule has 1 aliphatic rings. The monoisotopic (exact) mass is 633 g/mol. The zero-order valence-corrected chi connectivity index (χ0v) is 29.7. The second-order valence-corrected chi connectivity index (χ2v) is 19.9. The molecule has 0 heterocycles. The molecule has 0 aliphatic heterocycles. The van der Waals surface area contributed by atoms with Crippen molar-refractivity contribution in [3.05, 3.63) is 97.8 Å². The fourth-order valence-electron chi connectivity index (χ4n) is 5.21. The third-order valence-electron chi connectivity index (χ3n) is 7.30. The minimum absolute atomic E-state index is 0. The molecule has 0 aromatic heterocycles. The van der Waals surface area contributed by atoms with Crippen LogP contribution in [0.4, 0.5) is 0 Å². The maximum absolute atomic E-state index is 11.6. The van der Waals surface area contributed by atoms with E-state index in [2.05, 4.69) is 114 Å². The Morgan fingerprint density at radius 3 is 2.15 bits per heavy atom. The molecule has 1 aliphatic carbocycles. The molecule has 0 saturated carbocycles. The van der Waals surface area contributed by atoms with E-state index in [1.807, 2.05) is 12.1 Å². The Morgan fingerprint density at radius 2 is 1.49 bits per heavy atom. The molecule has 0 spiro atoms. The van der Waals surface area contributed by atoms with Crippen molar-refractivity contribution in [2.45, 2.75) is 84.9 Å². The number of rotatable bonds is 5. The van der Waals surface area contributed by atoms with Crippen LogP contribution in [0.1, 0.15) is 64.0 Å². The average molecular weight is 635 g/mol. The summed E-state index contributed by atoms with van der Waals surface area (Å²) in [5, 5.41) is 16.7. The predicted octanol–water partition coefficient (Wildman–Crippen LogP) is 8.20. The smallest absolute Gasteiger partial charge is 0.162 e. The maximum atomic E-state index is 11.6. The summed E-state index contributed by atoms with van der Waals surface area (Å²) in [5.74, 6) is 1.32. The normalized spacial score (nSPS) is 15.0. The van der Waals surface area contributed by atoms with Gasteiger partial charge in [-0.15, -0.1) is 0 Å². The number of para-hydroxylation sites is 2. The van der Waals surface area contributed by atoms with E-state index >= 15 is 0 Å². The van der Waals surface area contributed by atoms with Gasteiger partial charge in [-0.3, -0.25) is 0 Å². The number of aromatic hydroxyl groups is 1. The Balaban J connectivity index is 0.000000726. The van der Waals surface area contributed by atoms with E-state index < -0.39 is 16.0 Å². The molecule has 226 valence electrons. The average Bonchev–Trinajstić information content (AvgIpc) is 2.85. The van der Waals surface area contributed by atoms with E-state index in [0.717, 1.165) is 16.6 Å². The molecule has 3 aromatic rings. The number of allylic oxidation sites excluding steroid dienone is 2. The Bertz CT molecular complexity index is 1250. The van der Waals surface area contributed by atoms with Crippen LogP contribution in [-0.4, -0.2) is 20.3 Å². The topological polar surface area (TPSA) is 29.5 Å². The summed E-state index contributed by atoms with van der Waals surface area (Å²) < 4.78 is 5.83. The molecular formula is C36H52NiO2PSi+. The molecule has 0 bridgehead atoms. The summed E-state index contributed by atoms with van der Waals surface area (Å²) >= 11 is 0. The number of phenols is 1. The first-order valence-electron chi connectivity index (χ1n) is 14.4. The van der Waals surface area contributed by atoms with Crippen LogP contribution in [0.15, 0.2) is 72.8 Å².